The number of nitrogen functional groups attached to an aromatic ring is 1. The van der Waals surface area contributed by atoms with Gasteiger partial charge in [0.1, 0.15) is 0 Å². The maximum absolute atomic E-state index is 12.6. The standard InChI is InChI=1S/C13H20N2O4S/c1-3-7-15(8-4-2)20(18,19)12-9-10(14)5-6-11(12)13(16)17/h5-6,9H,3-4,7-8,14H2,1-2H3,(H,16,17). The number of nitrogens with zero attached hydrogens (tertiary/aromatic N) is 1. The highest BCUT2D eigenvalue weighted by Crippen LogP contribution is 2.23. The zero-order chi connectivity index (χ0) is 15.3. The molecule has 7 heteroatoms. The fraction of sp³-hybridized carbons (Fsp3) is 0.462. The van der Waals surface area contributed by atoms with Crippen molar-refractivity contribution in [1.82, 2.24) is 4.31 Å². The molecule has 0 aromatic heterocycles. The SMILES string of the molecule is CCCN(CCC)S(=O)(=O)c1cc(N)ccc1C(=O)O. The highest BCUT2D eigenvalue weighted by Gasteiger charge is 2.28. The van der Waals surface area contributed by atoms with Crippen LogP contribution in [-0.4, -0.2) is 36.9 Å². The van der Waals surface area contributed by atoms with E-state index in [-0.39, 0.29) is 16.1 Å². The first-order valence-electron chi connectivity index (χ1n) is 6.47. The molecule has 0 aliphatic heterocycles. The van der Waals surface area contributed by atoms with Crippen LogP contribution in [0.1, 0.15) is 37.0 Å². The summed E-state index contributed by atoms with van der Waals surface area (Å²) in [5, 5.41) is 9.14. The summed E-state index contributed by atoms with van der Waals surface area (Å²) in [6, 6.07) is 3.81. The van der Waals surface area contributed by atoms with Crippen LogP contribution in [0, 0.1) is 0 Å². The third-order valence-electron chi connectivity index (χ3n) is 2.80. The number of aromatic carboxylic acids is 1. The van der Waals surface area contributed by atoms with Gasteiger partial charge in [0.15, 0.2) is 0 Å². The summed E-state index contributed by atoms with van der Waals surface area (Å²) in [5.74, 6) is -1.28. The van der Waals surface area contributed by atoms with Gasteiger partial charge in [0.05, 0.1) is 10.5 Å². The molecule has 0 atom stereocenters. The largest absolute Gasteiger partial charge is 0.478 e. The molecule has 1 rings (SSSR count). The van der Waals surface area contributed by atoms with Gasteiger partial charge >= 0.3 is 5.97 Å². The highest BCUT2D eigenvalue weighted by atomic mass is 32.2. The number of hydrogen-bond acceptors (Lipinski definition) is 4. The van der Waals surface area contributed by atoms with Gasteiger partial charge in [0, 0.05) is 18.8 Å². The number of carboxylic acid groups (broad SMARTS) is 1. The topological polar surface area (TPSA) is 101 Å². The van der Waals surface area contributed by atoms with Gasteiger partial charge in [-0.3, -0.25) is 0 Å². The van der Waals surface area contributed by atoms with Crippen LogP contribution in [0.25, 0.3) is 0 Å². The third-order valence-corrected chi connectivity index (χ3v) is 4.74. The van der Waals surface area contributed by atoms with Gasteiger partial charge in [-0.2, -0.15) is 4.31 Å². The molecule has 0 heterocycles. The lowest BCUT2D eigenvalue weighted by Gasteiger charge is -2.22. The maximum atomic E-state index is 12.6. The third kappa shape index (κ3) is 3.49. The van der Waals surface area contributed by atoms with Crippen molar-refractivity contribution in [2.24, 2.45) is 0 Å². The molecule has 0 aliphatic rings. The summed E-state index contributed by atoms with van der Waals surface area (Å²) in [6.07, 6.45) is 1.31. The van der Waals surface area contributed by atoms with Crippen molar-refractivity contribution in [3.8, 4) is 0 Å². The normalized spacial score (nSPS) is 11.8. The Hall–Kier alpha value is -1.60. The number of sulfonamides is 1. The van der Waals surface area contributed by atoms with E-state index in [1.165, 1.54) is 22.5 Å². The predicted octanol–water partition coefficient (Wildman–Crippen LogP) is 1.78. The van der Waals surface area contributed by atoms with E-state index in [0.29, 0.717) is 25.9 Å². The van der Waals surface area contributed by atoms with Crippen molar-refractivity contribution in [2.45, 2.75) is 31.6 Å². The van der Waals surface area contributed by atoms with Crippen molar-refractivity contribution in [2.75, 3.05) is 18.8 Å². The zero-order valence-electron chi connectivity index (χ0n) is 11.7. The fourth-order valence-electron chi connectivity index (χ4n) is 1.92. The van der Waals surface area contributed by atoms with Crippen LogP contribution in [0.3, 0.4) is 0 Å². The first-order chi connectivity index (χ1) is 9.34. The van der Waals surface area contributed by atoms with E-state index in [0.717, 1.165) is 0 Å². The minimum absolute atomic E-state index is 0.224. The van der Waals surface area contributed by atoms with Crippen LogP contribution in [-0.2, 0) is 10.0 Å². The van der Waals surface area contributed by atoms with Gasteiger partial charge in [-0.1, -0.05) is 13.8 Å². The van der Waals surface area contributed by atoms with Gasteiger partial charge in [-0.15, -0.1) is 0 Å². The molecule has 20 heavy (non-hydrogen) atoms. The first-order valence-corrected chi connectivity index (χ1v) is 7.91. The number of nitrogens with two attached hydrogens (primary N) is 1. The molecule has 0 spiro atoms. The highest BCUT2D eigenvalue weighted by molar-refractivity contribution is 7.89. The average molecular weight is 300 g/mol. The molecule has 0 amide bonds. The summed E-state index contributed by atoms with van der Waals surface area (Å²) in [7, 11) is -3.85. The molecule has 6 nitrogen and oxygen atoms in total. The molecule has 0 unspecified atom stereocenters. The molecular formula is C13H20N2O4S. The number of hydrogen-bond donors (Lipinski definition) is 2. The fourth-order valence-corrected chi connectivity index (χ4v) is 3.76. The van der Waals surface area contributed by atoms with E-state index in [4.69, 9.17) is 10.8 Å². The molecule has 0 bridgehead atoms. The Balaban J connectivity index is 3.39. The second-order valence-corrected chi connectivity index (χ2v) is 6.37. The van der Waals surface area contributed by atoms with E-state index >= 15 is 0 Å². The van der Waals surface area contributed by atoms with Gasteiger partial charge in [-0.25, -0.2) is 13.2 Å². The van der Waals surface area contributed by atoms with Crippen LogP contribution in [0.4, 0.5) is 5.69 Å². The minimum atomic E-state index is -3.85. The summed E-state index contributed by atoms with van der Waals surface area (Å²) < 4.78 is 26.5. The maximum Gasteiger partial charge on any atom is 0.337 e. The number of anilines is 1. The molecular weight excluding hydrogens is 280 g/mol. The Morgan fingerprint density at radius 1 is 1.25 bits per heavy atom. The molecule has 112 valence electrons. The van der Waals surface area contributed by atoms with Crippen molar-refractivity contribution < 1.29 is 18.3 Å². The van der Waals surface area contributed by atoms with Gasteiger partial charge in [0.25, 0.3) is 0 Å². The Kier molecular flexibility index (Phi) is 5.52. The number of carbonyl (C=O) groups is 1. The summed E-state index contributed by atoms with van der Waals surface area (Å²) in [6.45, 7) is 4.44. The number of rotatable bonds is 7. The van der Waals surface area contributed by atoms with Gasteiger partial charge in [0.2, 0.25) is 10.0 Å². The molecule has 0 saturated heterocycles. The monoisotopic (exact) mass is 300 g/mol. The average Bonchev–Trinajstić information content (AvgIpc) is 2.38. The van der Waals surface area contributed by atoms with Crippen molar-refractivity contribution in [3.05, 3.63) is 23.8 Å². The Labute approximate surface area is 119 Å². The first kappa shape index (κ1) is 16.5. The lowest BCUT2D eigenvalue weighted by molar-refractivity contribution is 0.0692. The lowest BCUT2D eigenvalue weighted by Crippen LogP contribution is -2.33. The Bertz CT molecular complexity index is 578. The molecule has 3 N–H and O–H groups in total. The van der Waals surface area contributed by atoms with E-state index in [9.17, 15) is 13.2 Å². The van der Waals surface area contributed by atoms with Crippen LogP contribution in [0.5, 0.6) is 0 Å². The van der Waals surface area contributed by atoms with Gasteiger partial charge < -0.3 is 10.8 Å². The minimum Gasteiger partial charge on any atom is -0.478 e. The summed E-state index contributed by atoms with van der Waals surface area (Å²) in [4.78, 5) is 11.0. The van der Waals surface area contributed by atoms with E-state index in [2.05, 4.69) is 0 Å². The number of carboxylic acids is 1. The van der Waals surface area contributed by atoms with Crippen LogP contribution in [0.2, 0.25) is 0 Å². The molecule has 0 aliphatic carbocycles. The summed E-state index contributed by atoms with van der Waals surface area (Å²) in [5.41, 5.74) is 5.57. The summed E-state index contributed by atoms with van der Waals surface area (Å²) >= 11 is 0. The van der Waals surface area contributed by atoms with E-state index < -0.39 is 16.0 Å². The Morgan fingerprint density at radius 2 is 1.80 bits per heavy atom. The quantitative estimate of drug-likeness (QED) is 0.747. The molecule has 0 fully saturated rings. The second-order valence-electron chi connectivity index (χ2n) is 4.46. The van der Waals surface area contributed by atoms with Crippen molar-refractivity contribution >= 4 is 21.7 Å². The smallest absolute Gasteiger partial charge is 0.337 e. The second kappa shape index (κ2) is 6.71. The van der Waals surface area contributed by atoms with Crippen molar-refractivity contribution in [1.29, 1.82) is 0 Å². The van der Waals surface area contributed by atoms with E-state index in [1.54, 1.807) is 0 Å². The number of benzene rings is 1. The van der Waals surface area contributed by atoms with Crippen LogP contribution >= 0.6 is 0 Å². The molecule has 1 aromatic carbocycles. The lowest BCUT2D eigenvalue weighted by atomic mass is 10.2. The van der Waals surface area contributed by atoms with Gasteiger partial charge in [-0.05, 0) is 31.0 Å². The van der Waals surface area contributed by atoms with Crippen LogP contribution < -0.4 is 5.73 Å². The van der Waals surface area contributed by atoms with Crippen LogP contribution in [0.15, 0.2) is 23.1 Å². The van der Waals surface area contributed by atoms with Crippen molar-refractivity contribution in [3.63, 3.8) is 0 Å². The Morgan fingerprint density at radius 3 is 2.25 bits per heavy atom. The predicted molar refractivity (Wildman–Crippen MR) is 77.2 cm³/mol. The molecule has 1 aromatic rings. The molecule has 0 radical (unpaired) electrons. The van der Waals surface area contributed by atoms with E-state index in [1.807, 2.05) is 13.8 Å². The zero-order valence-corrected chi connectivity index (χ0v) is 12.5. The molecule has 0 saturated carbocycles.